The van der Waals surface area contributed by atoms with Gasteiger partial charge in [0.15, 0.2) is 0 Å². The molecule has 1 aliphatic rings. The highest BCUT2D eigenvalue weighted by molar-refractivity contribution is 7.21. The molecule has 0 bridgehead atoms. The van der Waals surface area contributed by atoms with E-state index in [1.54, 1.807) is 0 Å². The molecule has 0 N–H and O–H groups in total. The molecule has 6 aromatic carbocycles. The number of fused-ring (bicyclic) bond motifs is 10. The second-order valence-electron chi connectivity index (χ2n) is 12.4. The van der Waals surface area contributed by atoms with Gasteiger partial charge in [-0.3, -0.25) is 0 Å². The lowest BCUT2D eigenvalue weighted by atomic mass is 9.85. The number of benzene rings is 6. The van der Waals surface area contributed by atoms with Crippen molar-refractivity contribution in [3.8, 4) is 17.4 Å². The number of hydrogen-bond acceptors (Lipinski definition) is 2. The standard InChI is InChI=1S/C43H27N3S/c44-26-27-18-20-30(40(24-27)46-38-16-8-4-12-31(38)32-13-5-9-17-39(32)46)28-19-23-41-36(25-28)35-22-21-34-33-14-6-7-15-37(33)45(42(34)43(35)47-41)29-10-2-1-3-11-29/h1-24,28H,25H2. The Morgan fingerprint density at radius 2 is 1.23 bits per heavy atom. The highest BCUT2D eigenvalue weighted by atomic mass is 32.1. The molecule has 4 heteroatoms. The van der Waals surface area contributed by atoms with Crippen LogP contribution >= 0.6 is 11.3 Å². The van der Waals surface area contributed by atoms with Crippen LogP contribution in [0.3, 0.4) is 0 Å². The Morgan fingerprint density at radius 3 is 1.94 bits per heavy atom. The van der Waals surface area contributed by atoms with E-state index in [4.69, 9.17) is 0 Å². The van der Waals surface area contributed by atoms with Gasteiger partial charge in [-0.2, -0.15) is 5.26 Å². The Bertz CT molecular complexity index is 2730. The van der Waals surface area contributed by atoms with E-state index in [1.807, 2.05) is 17.4 Å². The van der Waals surface area contributed by atoms with Crippen molar-refractivity contribution in [3.05, 3.63) is 161 Å². The van der Waals surface area contributed by atoms with Crippen molar-refractivity contribution in [2.24, 2.45) is 0 Å². The van der Waals surface area contributed by atoms with Crippen LogP contribution in [0.2, 0.25) is 0 Å². The van der Waals surface area contributed by atoms with Gasteiger partial charge in [0.2, 0.25) is 0 Å². The van der Waals surface area contributed by atoms with Gasteiger partial charge < -0.3 is 9.13 Å². The maximum Gasteiger partial charge on any atom is 0.0992 e. The van der Waals surface area contributed by atoms with Gasteiger partial charge in [0.1, 0.15) is 0 Å². The number of allylic oxidation sites excluding steroid dienone is 1. The summed E-state index contributed by atoms with van der Waals surface area (Å²) < 4.78 is 6.13. The zero-order valence-electron chi connectivity index (χ0n) is 25.4. The number of thiophene rings is 1. The fourth-order valence-electron chi connectivity index (χ4n) is 7.87. The van der Waals surface area contributed by atoms with Gasteiger partial charge in [-0.05, 0) is 71.5 Å². The maximum atomic E-state index is 9.98. The smallest absolute Gasteiger partial charge is 0.0992 e. The molecule has 220 valence electrons. The Morgan fingerprint density at radius 1 is 0.617 bits per heavy atom. The first-order valence-electron chi connectivity index (χ1n) is 16.0. The third-order valence-electron chi connectivity index (χ3n) is 9.92. The molecule has 3 heterocycles. The summed E-state index contributed by atoms with van der Waals surface area (Å²) in [6, 6.07) is 50.0. The Kier molecular flexibility index (Phi) is 5.64. The van der Waals surface area contributed by atoms with Gasteiger partial charge >= 0.3 is 0 Å². The van der Waals surface area contributed by atoms with Gasteiger partial charge in [0.25, 0.3) is 0 Å². The molecule has 0 spiro atoms. The van der Waals surface area contributed by atoms with Crippen LogP contribution in [0, 0.1) is 11.3 Å². The van der Waals surface area contributed by atoms with E-state index in [9.17, 15) is 5.26 Å². The molecular formula is C43H27N3S. The summed E-state index contributed by atoms with van der Waals surface area (Å²) in [6.07, 6.45) is 5.61. The molecular weight excluding hydrogens is 591 g/mol. The average Bonchev–Trinajstić information content (AvgIpc) is 3.79. The second-order valence-corrected chi connectivity index (χ2v) is 13.4. The molecule has 1 unspecified atom stereocenters. The summed E-state index contributed by atoms with van der Waals surface area (Å²) in [7, 11) is 0. The fraction of sp³-hybridized carbons (Fsp3) is 0.0465. The molecule has 3 aromatic heterocycles. The molecule has 0 saturated heterocycles. The lowest BCUT2D eigenvalue weighted by Crippen LogP contribution is -2.09. The van der Waals surface area contributed by atoms with Crippen molar-refractivity contribution >= 4 is 71.1 Å². The summed E-state index contributed by atoms with van der Waals surface area (Å²) in [4.78, 5) is 1.33. The van der Waals surface area contributed by atoms with E-state index in [-0.39, 0.29) is 5.92 Å². The van der Waals surface area contributed by atoms with Crippen LogP contribution in [-0.4, -0.2) is 9.13 Å². The van der Waals surface area contributed by atoms with Gasteiger partial charge in [-0.15, -0.1) is 11.3 Å². The zero-order chi connectivity index (χ0) is 31.1. The second kappa shape index (κ2) is 10.1. The predicted molar refractivity (Wildman–Crippen MR) is 197 cm³/mol. The zero-order valence-corrected chi connectivity index (χ0v) is 26.2. The number of nitriles is 1. The van der Waals surface area contributed by atoms with E-state index in [2.05, 4.69) is 155 Å². The summed E-state index contributed by atoms with van der Waals surface area (Å²) in [5.74, 6) is 0.165. The number of para-hydroxylation sites is 4. The van der Waals surface area contributed by atoms with Crippen LogP contribution in [-0.2, 0) is 6.42 Å². The topological polar surface area (TPSA) is 33.6 Å². The molecule has 10 rings (SSSR count). The van der Waals surface area contributed by atoms with Crippen molar-refractivity contribution in [3.63, 3.8) is 0 Å². The lowest BCUT2D eigenvalue weighted by Gasteiger charge is -2.22. The Hall–Kier alpha value is -5.89. The highest BCUT2D eigenvalue weighted by Gasteiger charge is 2.26. The molecule has 1 aliphatic carbocycles. The monoisotopic (exact) mass is 617 g/mol. The van der Waals surface area contributed by atoms with Crippen LogP contribution in [0.1, 0.15) is 27.5 Å². The van der Waals surface area contributed by atoms with Gasteiger partial charge in [0, 0.05) is 38.0 Å². The van der Waals surface area contributed by atoms with Crippen molar-refractivity contribution in [1.82, 2.24) is 9.13 Å². The quantitative estimate of drug-likeness (QED) is 0.194. The summed E-state index contributed by atoms with van der Waals surface area (Å²) in [5, 5.41) is 16.3. The largest absolute Gasteiger partial charge is 0.309 e. The average molecular weight is 618 g/mol. The van der Waals surface area contributed by atoms with Gasteiger partial charge in [0.05, 0.1) is 44.1 Å². The number of hydrogen-bond donors (Lipinski definition) is 0. The van der Waals surface area contributed by atoms with Gasteiger partial charge in [-0.1, -0.05) is 97.1 Å². The number of nitrogens with zero attached hydrogens (tertiary/aromatic N) is 3. The first-order valence-corrected chi connectivity index (χ1v) is 16.8. The van der Waals surface area contributed by atoms with Crippen LogP contribution in [0.15, 0.2) is 140 Å². The van der Waals surface area contributed by atoms with E-state index < -0.39 is 0 Å². The lowest BCUT2D eigenvalue weighted by molar-refractivity contribution is 0.827. The minimum Gasteiger partial charge on any atom is -0.309 e. The normalized spacial score (nSPS) is 14.4. The Labute approximate surface area is 275 Å². The molecule has 1 atom stereocenters. The van der Waals surface area contributed by atoms with Crippen molar-refractivity contribution in [2.45, 2.75) is 12.3 Å². The van der Waals surface area contributed by atoms with Crippen LogP contribution < -0.4 is 0 Å². The van der Waals surface area contributed by atoms with Crippen LogP contribution in [0.4, 0.5) is 0 Å². The number of aromatic nitrogens is 2. The fourth-order valence-corrected chi connectivity index (χ4v) is 9.15. The Balaban J connectivity index is 1.18. The summed E-state index contributed by atoms with van der Waals surface area (Å²) in [6.45, 7) is 0. The minimum absolute atomic E-state index is 0.165. The highest BCUT2D eigenvalue weighted by Crippen LogP contribution is 2.46. The summed E-state index contributed by atoms with van der Waals surface area (Å²) in [5.41, 5.74) is 10.4. The predicted octanol–water partition coefficient (Wildman–Crippen LogP) is 11.3. The maximum absolute atomic E-state index is 9.98. The molecule has 0 radical (unpaired) electrons. The number of rotatable bonds is 3. The van der Waals surface area contributed by atoms with Crippen molar-refractivity contribution < 1.29 is 0 Å². The molecule has 0 fully saturated rings. The molecule has 0 saturated carbocycles. The van der Waals surface area contributed by atoms with Crippen molar-refractivity contribution in [1.29, 1.82) is 5.26 Å². The SMILES string of the molecule is N#Cc1ccc(C2C=Cc3sc4c(ccc5c6ccccc6n(-c6ccccc6)c54)c3C2)c(-n2c3ccccc3c3ccccc32)c1. The molecule has 3 nitrogen and oxygen atoms in total. The molecule has 47 heavy (non-hydrogen) atoms. The van der Waals surface area contributed by atoms with E-state index in [0.29, 0.717) is 5.56 Å². The molecule has 9 aromatic rings. The van der Waals surface area contributed by atoms with E-state index >= 15 is 0 Å². The third-order valence-corrected chi connectivity index (χ3v) is 11.1. The first kappa shape index (κ1) is 26.3. The van der Waals surface area contributed by atoms with E-state index in [0.717, 1.165) is 23.1 Å². The summed E-state index contributed by atoms with van der Waals surface area (Å²) >= 11 is 1.91. The van der Waals surface area contributed by atoms with Crippen LogP contribution in [0.5, 0.6) is 0 Å². The van der Waals surface area contributed by atoms with E-state index in [1.165, 1.54) is 64.4 Å². The van der Waals surface area contributed by atoms with Crippen LogP contribution in [0.25, 0.3) is 71.1 Å². The molecule has 0 amide bonds. The third kappa shape index (κ3) is 3.78. The first-order chi connectivity index (χ1) is 23.3. The minimum atomic E-state index is 0.165. The van der Waals surface area contributed by atoms with Crippen molar-refractivity contribution in [2.75, 3.05) is 0 Å². The van der Waals surface area contributed by atoms with Gasteiger partial charge in [-0.25, -0.2) is 0 Å². The molecule has 0 aliphatic heterocycles.